The van der Waals surface area contributed by atoms with E-state index in [0.717, 1.165) is 18.1 Å². The lowest BCUT2D eigenvalue weighted by Gasteiger charge is -2.01. The van der Waals surface area contributed by atoms with Crippen LogP contribution in [0.15, 0.2) is 0 Å². The zero-order valence-corrected chi connectivity index (χ0v) is 7.71. The number of hydrogen-bond donors (Lipinski definition) is 0. The molecule has 0 aromatic heterocycles. The van der Waals surface area contributed by atoms with Gasteiger partial charge in [0, 0.05) is 12.2 Å². The zero-order valence-electron chi connectivity index (χ0n) is 6.89. The Morgan fingerprint density at radius 1 is 1.40 bits per heavy atom. The van der Waals surface area contributed by atoms with Crippen LogP contribution in [0.3, 0.4) is 0 Å². The lowest BCUT2D eigenvalue weighted by atomic mass is 10.2. The Bertz CT molecular complexity index is 99.8. The number of rotatable bonds is 5. The average Bonchev–Trinajstić information content (AvgIpc) is 1.87. The molecule has 0 saturated heterocycles. The summed E-state index contributed by atoms with van der Waals surface area (Å²) in [6.07, 6.45) is 7.34. The summed E-state index contributed by atoms with van der Waals surface area (Å²) in [4.78, 5) is 0. The van der Waals surface area contributed by atoms with Crippen molar-refractivity contribution in [2.45, 2.75) is 26.7 Å². The lowest BCUT2D eigenvalue weighted by Crippen LogP contribution is -1.90. The third kappa shape index (κ3) is 7.91. The van der Waals surface area contributed by atoms with Crippen molar-refractivity contribution in [1.82, 2.24) is 0 Å². The predicted octanol–water partition coefficient (Wildman–Crippen LogP) is 2.79. The molecule has 1 heteroatoms. The van der Waals surface area contributed by atoms with Gasteiger partial charge in [-0.05, 0) is 18.1 Å². The van der Waals surface area contributed by atoms with Crippen LogP contribution in [-0.4, -0.2) is 11.5 Å². The van der Waals surface area contributed by atoms with Crippen molar-refractivity contribution in [3.05, 3.63) is 0 Å². The summed E-state index contributed by atoms with van der Waals surface area (Å²) < 4.78 is 0. The first-order chi connectivity index (χ1) is 4.77. The third-order valence-corrected chi connectivity index (χ3v) is 2.25. The Morgan fingerprint density at radius 2 is 2.10 bits per heavy atom. The molecule has 0 aromatic carbocycles. The highest BCUT2D eigenvalue weighted by Crippen LogP contribution is 2.08. The van der Waals surface area contributed by atoms with Gasteiger partial charge < -0.3 is 0 Å². The van der Waals surface area contributed by atoms with Crippen molar-refractivity contribution < 1.29 is 0 Å². The molecule has 0 bridgehead atoms. The summed E-state index contributed by atoms with van der Waals surface area (Å²) in [5.41, 5.74) is 0. The van der Waals surface area contributed by atoms with E-state index in [0.29, 0.717) is 0 Å². The highest BCUT2D eigenvalue weighted by atomic mass is 32.2. The van der Waals surface area contributed by atoms with Crippen molar-refractivity contribution in [3.63, 3.8) is 0 Å². The second kappa shape index (κ2) is 7.02. The smallest absolute Gasteiger partial charge is 0.0177 e. The maximum atomic E-state index is 5.11. The van der Waals surface area contributed by atoms with Gasteiger partial charge in [-0.1, -0.05) is 13.8 Å². The topological polar surface area (TPSA) is 0 Å². The van der Waals surface area contributed by atoms with Gasteiger partial charge in [-0.3, -0.25) is 0 Å². The average molecular weight is 156 g/mol. The van der Waals surface area contributed by atoms with Crippen molar-refractivity contribution >= 4 is 11.8 Å². The minimum absolute atomic E-state index is 0.832. The molecule has 0 nitrogen and oxygen atoms in total. The van der Waals surface area contributed by atoms with E-state index in [-0.39, 0.29) is 0 Å². The van der Waals surface area contributed by atoms with E-state index in [9.17, 15) is 0 Å². The molecule has 0 N–H and O–H groups in total. The van der Waals surface area contributed by atoms with Gasteiger partial charge in [0.25, 0.3) is 0 Å². The minimum atomic E-state index is 0.832. The third-order valence-electron chi connectivity index (χ3n) is 1.23. The highest BCUT2D eigenvalue weighted by Gasteiger charge is 1.92. The normalized spacial score (nSPS) is 9.80. The second-order valence-electron chi connectivity index (χ2n) is 2.75. The Hall–Kier alpha value is -0.0900. The largest absolute Gasteiger partial charge is 0.161 e. The molecule has 0 amide bonds. The van der Waals surface area contributed by atoms with Gasteiger partial charge in [-0.25, -0.2) is 0 Å². The molecular weight excluding hydrogens is 140 g/mol. The van der Waals surface area contributed by atoms with Gasteiger partial charge in [0.15, 0.2) is 0 Å². The van der Waals surface area contributed by atoms with Crippen LogP contribution in [0.2, 0.25) is 0 Å². The fraction of sp³-hybridized carbons (Fsp3) is 0.778. The molecule has 0 rings (SSSR count). The van der Waals surface area contributed by atoms with E-state index >= 15 is 0 Å². The molecular formula is C9H16S. The highest BCUT2D eigenvalue weighted by molar-refractivity contribution is 7.99. The van der Waals surface area contributed by atoms with E-state index in [1.54, 1.807) is 0 Å². The summed E-state index contributed by atoms with van der Waals surface area (Å²) in [5, 5.41) is 0. The molecule has 0 radical (unpaired) electrons. The Morgan fingerprint density at radius 3 is 2.60 bits per heavy atom. The fourth-order valence-electron chi connectivity index (χ4n) is 0.552. The monoisotopic (exact) mass is 156 g/mol. The number of thioether (sulfide) groups is 1. The predicted molar refractivity (Wildman–Crippen MR) is 50.2 cm³/mol. The molecule has 58 valence electrons. The van der Waals surface area contributed by atoms with Crippen LogP contribution in [-0.2, 0) is 0 Å². The molecule has 0 spiro atoms. The maximum Gasteiger partial charge on any atom is 0.0177 e. The molecule has 0 aliphatic heterocycles. The second-order valence-corrected chi connectivity index (χ2v) is 3.97. The number of terminal acetylenes is 1. The van der Waals surface area contributed by atoms with Gasteiger partial charge in [-0.2, -0.15) is 11.8 Å². The van der Waals surface area contributed by atoms with Crippen molar-refractivity contribution in [2.24, 2.45) is 5.92 Å². The van der Waals surface area contributed by atoms with Crippen LogP contribution >= 0.6 is 11.8 Å². The van der Waals surface area contributed by atoms with Crippen molar-refractivity contribution in [3.8, 4) is 12.3 Å². The minimum Gasteiger partial charge on any atom is -0.161 e. The Labute approximate surface area is 68.8 Å². The summed E-state index contributed by atoms with van der Waals surface area (Å²) in [6.45, 7) is 4.50. The first-order valence-corrected chi connectivity index (χ1v) is 4.94. The van der Waals surface area contributed by atoms with E-state index < -0.39 is 0 Å². The summed E-state index contributed by atoms with van der Waals surface area (Å²) in [6, 6.07) is 0. The van der Waals surface area contributed by atoms with Crippen LogP contribution in [0.25, 0.3) is 0 Å². The lowest BCUT2D eigenvalue weighted by molar-refractivity contribution is 0.632. The van der Waals surface area contributed by atoms with E-state index in [4.69, 9.17) is 6.42 Å². The molecule has 0 heterocycles. The van der Waals surface area contributed by atoms with Crippen molar-refractivity contribution in [1.29, 1.82) is 0 Å². The van der Waals surface area contributed by atoms with Crippen LogP contribution < -0.4 is 0 Å². The van der Waals surface area contributed by atoms with Gasteiger partial charge in [-0.15, -0.1) is 12.3 Å². The summed E-state index contributed by atoms with van der Waals surface area (Å²) in [7, 11) is 0. The van der Waals surface area contributed by atoms with E-state index in [1.807, 2.05) is 11.8 Å². The first-order valence-electron chi connectivity index (χ1n) is 3.78. The maximum absolute atomic E-state index is 5.11. The molecule has 0 aliphatic rings. The first kappa shape index (κ1) is 9.91. The van der Waals surface area contributed by atoms with Gasteiger partial charge >= 0.3 is 0 Å². The van der Waals surface area contributed by atoms with E-state index in [2.05, 4.69) is 19.8 Å². The Kier molecular flexibility index (Phi) is 6.96. The molecule has 10 heavy (non-hydrogen) atoms. The SMILES string of the molecule is C#CCCSCCC(C)C. The zero-order chi connectivity index (χ0) is 7.82. The molecule has 0 aromatic rings. The molecule has 0 atom stereocenters. The fourth-order valence-corrected chi connectivity index (χ4v) is 1.66. The van der Waals surface area contributed by atoms with Crippen LogP contribution in [0.5, 0.6) is 0 Å². The van der Waals surface area contributed by atoms with Gasteiger partial charge in [0.1, 0.15) is 0 Å². The molecule has 0 saturated carbocycles. The van der Waals surface area contributed by atoms with Gasteiger partial charge in [0.05, 0.1) is 0 Å². The van der Waals surface area contributed by atoms with Crippen LogP contribution in [0, 0.1) is 18.3 Å². The summed E-state index contributed by atoms with van der Waals surface area (Å²) in [5.74, 6) is 5.86. The van der Waals surface area contributed by atoms with E-state index in [1.165, 1.54) is 12.2 Å². The Balaban J connectivity index is 2.86. The van der Waals surface area contributed by atoms with Gasteiger partial charge in [0.2, 0.25) is 0 Å². The molecule has 0 unspecified atom stereocenters. The standard InChI is InChI=1S/C9H16S/c1-4-5-7-10-8-6-9(2)3/h1,9H,5-8H2,2-3H3. The van der Waals surface area contributed by atoms with Crippen molar-refractivity contribution in [2.75, 3.05) is 11.5 Å². The summed E-state index contributed by atoms with van der Waals surface area (Å²) >= 11 is 1.96. The molecule has 0 aliphatic carbocycles. The van der Waals surface area contributed by atoms with Crippen LogP contribution in [0.1, 0.15) is 26.7 Å². The quantitative estimate of drug-likeness (QED) is 0.435. The van der Waals surface area contributed by atoms with Crippen LogP contribution in [0.4, 0.5) is 0 Å². The number of hydrogen-bond acceptors (Lipinski definition) is 1. The molecule has 0 fully saturated rings.